The van der Waals surface area contributed by atoms with Gasteiger partial charge in [0.15, 0.2) is 0 Å². The summed E-state index contributed by atoms with van der Waals surface area (Å²) >= 11 is 0. The van der Waals surface area contributed by atoms with Gasteiger partial charge in [-0.1, -0.05) is 0 Å². The van der Waals surface area contributed by atoms with E-state index in [-0.39, 0.29) is 5.91 Å². The first-order valence-corrected chi connectivity index (χ1v) is 5.41. The van der Waals surface area contributed by atoms with E-state index in [0.717, 1.165) is 5.69 Å². The van der Waals surface area contributed by atoms with Crippen molar-refractivity contribution in [2.45, 2.75) is 25.9 Å². The van der Waals surface area contributed by atoms with E-state index in [9.17, 15) is 9.90 Å². The molecule has 5 nitrogen and oxygen atoms in total. The van der Waals surface area contributed by atoms with E-state index in [1.165, 1.54) is 0 Å². The fraction of sp³-hybridized carbons (Fsp3) is 0.636. The first-order chi connectivity index (χ1) is 7.41. The van der Waals surface area contributed by atoms with Crippen LogP contribution in [0.15, 0.2) is 6.20 Å². The molecule has 5 heteroatoms. The lowest BCUT2D eigenvalue weighted by Gasteiger charge is -2.18. The lowest BCUT2D eigenvalue weighted by Crippen LogP contribution is -2.34. The summed E-state index contributed by atoms with van der Waals surface area (Å²) in [6.07, 6.45) is 2.22. The average Bonchev–Trinajstić information content (AvgIpc) is 2.71. The quantitative estimate of drug-likeness (QED) is 0.746. The van der Waals surface area contributed by atoms with Crippen LogP contribution in [-0.2, 0) is 7.05 Å². The molecule has 0 spiro atoms. The fourth-order valence-electron chi connectivity index (χ4n) is 2.00. The van der Waals surface area contributed by atoms with E-state index in [4.69, 9.17) is 0 Å². The molecule has 1 aromatic heterocycles. The number of nitrogens with zero attached hydrogens (tertiary/aromatic N) is 3. The van der Waals surface area contributed by atoms with Crippen LogP contribution < -0.4 is 0 Å². The molecule has 2 rings (SSSR count). The minimum atomic E-state index is -0.744. The number of carbonyl (C=O) groups is 1. The van der Waals surface area contributed by atoms with E-state index >= 15 is 0 Å². The highest BCUT2D eigenvalue weighted by Gasteiger charge is 2.35. The van der Waals surface area contributed by atoms with Crippen LogP contribution in [0.5, 0.6) is 0 Å². The number of β-amino-alcohol motifs (C(OH)–C–C–N with tert-alkyl or cyclic N) is 1. The summed E-state index contributed by atoms with van der Waals surface area (Å²) in [4.78, 5) is 13.8. The number of hydrogen-bond acceptors (Lipinski definition) is 3. The van der Waals surface area contributed by atoms with E-state index in [1.54, 1.807) is 22.7 Å². The first-order valence-electron chi connectivity index (χ1n) is 5.41. The molecule has 1 saturated heterocycles. The van der Waals surface area contributed by atoms with Crippen molar-refractivity contribution in [3.8, 4) is 0 Å². The van der Waals surface area contributed by atoms with Gasteiger partial charge in [-0.2, -0.15) is 5.10 Å². The Hall–Kier alpha value is -1.36. The molecule has 0 radical (unpaired) electrons. The van der Waals surface area contributed by atoms with Gasteiger partial charge in [-0.25, -0.2) is 0 Å². The summed E-state index contributed by atoms with van der Waals surface area (Å²) in [5.74, 6) is -0.0385. The number of hydrogen-bond donors (Lipinski definition) is 1. The molecule has 88 valence electrons. The van der Waals surface area contributed by atoms with Gasteiger partial charge in [-0.3, -0.25) is 9.48 Å². The van der Waals surface area contributed by atoms with Crippen LogP contribution in [0.1, 0.15) is 29.4 Å². The predicted molar refractivity (Wildman–Crippen MR) is 59.1 cm³/mol. The Morgan fingerprint density at radius 1 is 1.62 bits per heavy atom. The molecule has 1 unspecified atom stereocenters. The molecule has 0 aromatic carbocycles. The summed E-state index contributed by atoms with van der Waals surface area (Å²) in [5.41, 5.74) is 0.739. The van der Waals surface area contributed by atoms with Gasteiger partial charge in [0.2, 0.25) is 0 Å². The lowest BCUT2D eigenvalue weighted by atomic mass is 10.1. The van der Waals surface area contributed by atoms with Crippen LogP contribution >= 0.6 is 0 Å². The summed E-state index contributed by atoms with van der Waals surface area (Å²) in [6, 6.07) is 0. The maximum absolute atomic E-state index is 12.1. The topological polar surface area (TPSA) is 58.4 Å². The third kappa shape index (κ3) is 1.82. The molecule has 0 saturated carbocycles. The second-order valence-corrected chi connectivity index (χ2v) is 4.74. The highest BCUT2D eigenvalue weighted by Crippen LogP contribution is 2.22. The van der Waals surface area contributed by atoms with Gasteiger partial charge in [-0.15, -0.1) is 0 Å². The van der Waals surface area contributed by atoms with Crippen LogP contribution in [-0.4, -0.2) is 44.4 Å². The Labute approximate surface area is 94.7 Å². The minimum Gasteiger partial charge on any atom is -0.388 e. The number of rotatable bonds is 1. The Bertz CT molecular complexity index is 423. The molecular formula is C11H17N3O2. The normalized spacial score (nSPS) is 25.1. The Balaban J connectivity index is 2.18. The molecule has 1 atom stereocenters. The fourth-order valence-corrected chi connectivity index (χ4v) is 2.00. The smallest absolute Gasteiger partial charge is 0.257 e. The van der Waals surface area contributed by atoms with Crippen LogP contribution in [0.25, 0.3) is 0 Å². The predicted octanol–water partition coefficient (Wildman–Crippen LogP) is 0.325. The molecular weight excluding hydrogens is 206 g/mol. The molecule has 1 aliphatic heterocycles. The van der Waals surface area contributed by atoms with Gasteiger partial charge in [0, 0.05) is 25.8 Å². The van der Waals surface area contributed by atoms with Crippen LogP contribution in [0.4, 0.5) is 0 Å². The number of carbonyl (C=O) groups excluding carboxylic acids is 1. The lowest BCUT2D eigenvalue weighted by molar-refractivity contribution is 0.0571. The summed E-state index contributed by atoms with van der Waals surface area (Å²) in [5, 5.41) is 13.9. The number of aromatic nitrogens is 2. The van der Waals surface area contributed by atoms with E-state index in [0.29, 0.717) is 25.1 Å². The Morgan fingerprint density at radius 2 is 2.31 bits per heavy atom. The van der Waals surface area contributed by atoms with Crippen LogP contribution in [0, 0.1) is 6.92 Å². The molecule has 0 aliphatic carbocycles. The van der Waals surface area contributed by atoms with Gasteiger partial charge in [0.05, 0.1) is 17.4 Å². The highest BCUT2D eigenvalue weighted by molar-refractivity contribution is 5.95. The van der Waals surface area contributed by atoms with Crippen molar-refractivity contribution < 1.29 is 9.90 Å². The van der Waals surface area contributed by atoms with Crippen molar-refractivity contribution in [1.82, 2.24) is 14.7 Å². The zero-order valence-electron chi connectivity index (χ0n) is 9.90. The molecule has 1 amide bonds. The summed E-state index contributed by atoms with van der Waals surface area (Å²) in [6.45, 7) is 4.64. The zero-order chi connectivity index (χ0) is 11.9. The Morgan fingerprint density at radius 3 is 2.75 bits per heavy atom. The largest absolute Gasteiger partial charge is 0.388 e. The summed E-state index contributed by atoms with van der Waals surface area (Å²) < 4.78 is 1.68. The third-order valence-corrected chi connectivity index (χ3v) is 3.20. The number of amides is 1. The maximum atomic E-state index is 12.1. The highest BCUT2D eigenvalue weighted by atomic mass is 16.3. The standard InChI is InChI=1S/C11H17N3O2/c1-8-9(6-12-13(8)3)10(15)14-5-4-11(2,16)7-14/h6,16H,4-5,7H2,1-3H3. The first kappa shape index (κ1) is 11.1. The van der Waals surface area contributed by atoms with Crippen LogP contribution in [0.3, 0.4) is 0 Å². The van der Waals surface area contributed by atoms with Gasteiger partial charge in [0.1, 0.15) is 0 Å². The van der Waals surface area contributed by atoms with Crippen molar-refractivity contribution >= 4 is 5.91 Å². The molecule has 1 N–H and O–H groups in total. The monoisotopic (exact) mass is 223 g/mol. The third-order valence-electron chi connectivity index (χ3n) is 3.20. The number of aryl methyl sites for hydroxylation is 1. The Kier molecular flexibility index (Phi) is 2.50. The SMILES string of the molecule is Cc1c(C(=O)N2CCC(C)(O)C2)cnn1C. The molecule has 1 aliphatic rings. The van der Waals surface area contributed by atoms with E-state index < -0.39 is 5.60 Å². The van der Waals surface area contributed by atoms with Crippen molar-refractivity contribution in [2.24, 2.45) is 7.05 Å². The maximum Gasteiger partial charge on any atom is 0.257 e. The minimum absolute atomic E-state index is 0.0385. The average molecular weight is 223 g/mol. The van der Waals surface area contributed by atoms with Crippen molar-refractivity contribution in [1.29, 1.82) is 0 Å². The van der Waals surface area contributed by atoms with Crippen molar-refractivity contribution in [3.63, 3.8) is 0 Å². The van der Waals surface area contributed by atoms with Crippen molar-refractivity contribution in [2.75, 3.05) is 13.1 Å². The van der Waals surface area contributed by atoms with Crippen molar-refractivity contribution in [3.05, 3.63) is 17.5 Å². The number of aliphatic hydroxyl groups is 1. The van der Waals surface area contributed by atoms with Crippen LogP contribution in [0.2, 0.25) is 0 Å². The second kappa shape index (κ2) is 3.59. The van der Waals surface area contributed by atoms with E-state index in [1.807, 2.05) is 14.0 Å². The van der Waals surface area contributed by atoms with Gasteiger partial charge < -0.3 is 10.0 Å². The molecule has 16 heavy (non-hydrogen) atoms. The van der Waals surface area contributed by atoms with Gasteiger partial charge in [0.25, 0.3) is 5.91 Å². The molecule has 0 bridgehead atoms. The second-order valence-electron chi connectivity index (χ2n) is 4.74. The van der Waals surface area contributed by atoms with Gasteiger partial charge in [-0.05, 0) is 20.3 Å². The molecule has 1 aromatic rings. The molecule has 2 heterocycles. The van der Waals surface area contributed by atoms with Gasteiger partial charge >= 0.3 is 0 Å². The number of likely N-dealkylation sites (tertiary alicyclic amines) is 1. The zero-order valence-corrected chi connectivity index (χ0v) is 9.90. The molecule has 1 fully saturated rings. The summed E-state index contributed by atoms with van der Waals surface area (Å²) in [7, 11) is 1.81. The van der Waals surface area contributed by atoms with E-state index in [2.05, 4.69) is 5.10 Å².